The van der Waals surface area contributed by atoms with Crippen LogP contribution in [0.2, 0.25) is 0 Å². The molecule has 0 unspecified atom stereocenters. The second-order valence-corrected chi connectivity index (χ2v) is 6.06. The molecule has 2 rings (SSSR count). The van der Waals surface area contributed by atoms with Gasteiger partial charge in [0, 0.05) is 5.75 Å². The number of rotatable bonds is 5. The van der Waals surface area contributed by atoms with Crippen molar-refractivity contribution in [1.29, 1.82) is 0 Å². The van der Waals surface area contributed by atoms with E-state index in [0.717, 1.165) is 21.4 Å². The number of aryl methyl sites for hydroxylation is 1. The Balaban J connectivity index is 2.06. The molecule has 0 atom stereocenters. The van der Waals surface area contributed by atoms with Crippen LogP contribution in [0.5, 0.6) is 5.75 Å². The molecular weight excluding hydrogens is 282 g/mol. The first-order valence-corrected chi connectivity index (χ1v) is 7.37. The summed E-state index contributed by atoms with van der Waals surface area (Å²) in [7, 11) is 1.63. The number of carbonyl (C=O) groups is 1. The van der Waals surface area contributed by atoms with Crippen molar-refractivity contribution >= 4 is 29.1 Å². The minimum atomic E-state index is -0.914. The highest BCUT2D eigenvalue weighted by Crippen LogP contribution is 2.30. The fourth-order valence-electron chi connectivity index (χ4n) is 1.54. The van der Waals surface area contributed by atoms with Crippen molar-refractivity contribution in [2.75, 3.05) is 7.11 Å². The van der Waals surface area contributed by atoms with Crippen molar-refractivity contribution in [1.82, 2.24) is 4.98 Å². The molecule has 1 heterocycles. The Hall–Kier alpha value is -1.53. The summed E-state index contributed by atoms with van der Waals surface area (Å²) in [6, 6.07) is 7.80. The Morgan fingerprint density at radius 2 is 2.32 bits per heavy atom. The third-order valence-corrected chi connectivity index (χ3v) is 4.83. The van der Waals surface area contributed by atoms with E-state index in [2.05, 4.69) is 4.98 Å². The third kappa shape index (κ3) is 3.48. The minimum Gasteiger partial charge on any atom is -0.497 e. The molecule has 6 heteroatoms. The van der Waals surface area contributed by atoms with E-state index in [0.29, 0.717) is 10.6 Å². The highest BCUT2D eigenvalue weighted by atomic mass is 32.2. The fraction of sp³-hybridized carbons (Fsp3) is 0.231. The lowest BCUT2D eigenvalue weighted by molar-refractivity contribution is 0.0701. The van der Waals surface area contributed by atoms with Crippen LogP contribution in [0.4, 0.5) is 0 Å². The van der Waals surface area contributed by atoms with E-state index in [1.165, 1.54) is 23.1 Å². The Labute approximate surface area is 119 Å². The number of aromatic nitrogens is 1. The average molecular weight is 295 g/mol. The second kappa shape index (κ2) is 6.08. The molecule has 100 valence electrons. The summed E-state index contributed by atoms with van der Waals surface area (Å²) >= 11 is 2.75. The summed E-state index contributed by atoms with van der Waals surface area (Å²) in [5, 5.41) is 8.98. The number of carboxylic acids is 1. The molecule has 0 fully saturated rings. The summed E-state index contributed by atoms with van der Waals surface area (Å²) < 4.78 is 5.94. The van der Waals surface area contributed by atoms with Crippen molar-refractivity contribution in [2.24, 2.45) is 0 Å². The summed E-state index contributed by atoms with van der Waals surface area (Å²) in [5.74, 6) is 0.645. The van der Waals surface area contributed by atoms with Gasteiger partial charge in [0.15, 0.2) is 4.34 Å². The summed E-state index contributed by atoms with van der Waals surface area (Å²) in [4.78, 5) is 15.5. The Kier molecular flexibility index (Phi) is 4.44. The van der Waals surface area contributed by atoms with Crippen molar-refractivity contribution in [2.45, 2.75) is 17.0 Å². The van der Waals surface area contributed by atoms with Crippen molar-refractivity contribution in [3.63, 3.8) is 0 Å². The molecule has 0 saturated carbocycles. The monoisotopic (exact) mass is 295 g/mol. The van der Waals surface area contributed by atoms with Gasteiger partial charge in [-0.1, -0.05) is 23.9 Å². The van der Waals surface area contributed by atoms with E-state index in [-0.39, 0.29) is 0 Å². The first-order valence-electron chi connectivity index (χ1n) is 5.56. The number of hydrogen-bond donors (Lipinski definition) is 1. The zero-order chi connectivity index (χ0) is 13.8. The molecule has 0 saturated heterocycles. The van der Waals surface area contributed by atoms with Gasteiger partial charge in [-0.3, -0.25) is 0 Å². The van der Waals surface area contributed by atoms with Gasteiger partial charge in [0.25, 0.3) is 0 Å². The zero-order valence-corrected chi connectivity index (χ0v) is 12.2. The van der Waals surface area contributed by atoms with Crippen LogP contribution in [0.25, 0.3) is 0 Å². The number of nitrogens with zero attached hydrogens (tertiary/aromatic N) is 1. The smallest absolute Gasteiger partial charge is 0.347 e. The lowest BCUT2D eigenvalue weighted by atomic mass is 10.2. The predicted molar refractivity (Wildman–Crippen MR) is 76.4 cm³/mol. The number of hydrogen-bond acceptors (Lipinski definition) is 5. The second-order valence-electron chi connectivity index (χ2n) is 3.84. The number of benzene rings is 1. The predicted octanol–water partition coefficient (Wildman–Crippen LogP) is 3.45. The van der Waals surface area contributed by atoms with Crippen LogP contribution >= 0.6 is 23.1 Å². The van der Waals surface area contributed by atoms with Gasteiger partial charge < -0.3 is 9.84 Å². The molecule has 0 aliphatic carbocycles. The largest absolute Gasteiger partial charge is 0.497 e. The first-order chi connectivity index (χ1) is 9.10. The van der Waals surface area contributed by atoms with Gasteiger partial charge in [-0.25, -0.2) is 9.78 Å². The van der Waals surface area contributed by atoms with E-state index in [1.807, 2.05) is 24.3 Å². The summed E-state index contributed by atoms with van der Waals surface area (Å²) in [6.45, 7) is 1.72. The fourth-order valence-corrected chi connectivity index (χ4v) is 3.51. The maximum atomic E-state index is 10.9. The average Bonchev–Trinajstić information content (AvgIpc) is 2.78. The van der Waals surface area contributed by atoms with E-state index in [9.17, 15) is 4.79 Å². The number of aromatic carboxylic acids is 1. The molecule has 0 amide bonds. The van der Waals surface area contributed by atoms with Crippen LogP contribution in [0.1, 0.15) is 20.9 Å². The quantitative estimate of drug-likeness (QED) is 0.856. The van der Waals surface area contributed by atoms with Crippen molar-refractivity contribution in [3.8, 4) is 5.75 Å². The minimum absolute atomic E-state index is 0.313. The van der Waals surface area contributed by atoms with Crippen LogP contribution in [-0.2, 0) is 5.75 Å². The van der Waals surface area contributed by atoms with Crippen LogP contribution in [0, 0.1) is 6.92 Å². The number of ether oxygens (including phenoxy) is 1. The molecule has 0 aliphatic rings. The third-order valence-electron chi connectivity index (χ3n) is 2.47. The topological polar surface area (TPSA) is 59.4 Å². The van der Waals surface area contributed by atoms with Crippen LogP contribution in [0.3, 0.4) is 0 Å². The number of thioether (sulfide) groups is 1. The number of thiazole rings is 1. The first kappa shape index (κ1) is 13.9. The Morgan fingerprint density at radius 3 is 2.95 bits per heavy atom. The molecule has 19 heavy (non-hydrogen) atoms. The molecule has 2 aromatic rings. The van der Waals surface area contributed by atoms with Gasteiger partial charge in [-0.15, -0.1) is 11.3 Å². The Bertz CT molecular complexity index is 595. The molecule has 0 bridgehead atoms. The highest BCUT2D eigenvalue weighted by Gasteiger charge is 2.14. The van der Waals surface area contributed by atoms with Gasteiger partial charge >= 0.3 is 5.97 Å². The van der Waals surface area contributed by atoms with E-state index in [1.54, 1.807) is 14.0 Å². The summed E-state index contributed by atoms with van der Waals surface area (Å²) in [6.07, 6.45) is 0. The van der Waals surface area contributed by atoms with E-state index >= 15 is 0 Å². The maximum Gasteiger partial charge on any atom is 0.347 e. The lowest BCUT2D eigenvalue weighted by Gasteiger charge is -2.02. The van der Waals surface area contributed by atoms with E-state index in [4.69, 9.17) is 9.84 Å². The zero-order valence-electron chi connectivity index (χ0n) is 10.5. The standard InChI is InChI=1S/C13H13NO3S2/c1-8-11(12(15)16)19-13(14-8)18-7-9-4-3-5-10(6-9)17-2/h3-6H,7H2,1-2H3,(H,15,16). The summed E-state index contributed by atoms with van der Waals surface area (Å²) in [5.41, 5.74) is 1.69. The SMILES string of the molecule is COc1cccc(CSc2nc(C)c(C(=O)O)s2)c1. The van der Waals surface area contributed by atoms with Gasteiger partial charge in [-0.05, 0) is 24.6 Å². The highest BCUT2D eigenvalue weighted by molar-refractivity contribution is 8.00. The van der Waals surface area contributed by atoms with Gasteiger partial charge in [0.2, 0.25) is 0 Å². The normalized spacial score (nSPS) is 10.4. The molecular formula is C13H13NO3S2. The molecule has 0 radical (unpaired) electrons. The van der Waals surface area contributed by atoms with E-state index < -0.39 is 5.97 Å². The molecule has 0 spiro atoms. The van der Waals surface area contributed by atoms with Crippen LogP contribution < -0.4 is 4.74 Å². The van der Waals surface area contributed by atoms with Gasteiger partial charge in [0.1, 0.15) is 10.6 Å². The molecule has 1 aromatic carbocycles. The van der Waals surface area contributed by atoms with Crippen molar-refractivity contribution in [3.05, 3.63) is 40.4 Å². The van der Waals surface area contributed by atoms with Gasteiger partial charge in [0.05, 0.1) is 12.8 Å². The van der Waals surface area contributed by atoms with Crippen molar-refractivity contribution < 1.29 is 14.6 Å². The number of methoxy groups -OCH3 is 1. The van der Waals surface area contributed by atoms with Crippen LogP contribution in [-0.4, -0.2) is 23.2 Å². The molecule has 1 N–H and O–H groups in total. The Morgan fingerprint density at radius 1 is 1.53 bits per heavy atom. The number of carboxylic acid groups (broad SMARTS) is 1. The lowest BCUT2D eigenvalue weighted by Crippen LogP contribution is -1.94. The van der Waals surface area contributed by atoms with Gasteiger partial charge in [-0.2, -0.15) is 0 Å². The molecule has 0 aliphatic heterocycles. The molecule has 4 nitrogen and oxygen atoms in total. The maximum absolute atomic E-state index is 10.9. The molecule has 1 aromatic heterocycles. The van der Waals surface area contributed by atoms with Crippen LogP contribution in [0.15, 0.2) is 28.6 Å².